The average molecular weight is 286 g/mol. The number of carboxylic acids is 1. The number of hydrogen-bond acceptors (Lipinski definition) is 4. The first-order valence-corrected chi connectivity index (χ1v) is 6.17. The van der Waals surface area contributed by atoms with Crippen LogP contribution in [0.25, 0.3) is 0 Å². The summed E-state index contributed by atoms with van der Waals surface area (Å²) in [7, 11) is 0. The molecule has 4 N–H and O–H groups in total. The van der Waals surface area contributed by atoms with Crippen LogP contribution >= 0.6 is 0 Å². The number of nitrogens with one attached hydrogen (secondary N) is 1. The molecule has 0 bridgehead atoms. The number of carboxylic acid groups (broad SMARTS) is 1. The second kappa shape index (κ2) is 6.42. The molecule has 2 aromatic carbocycles. The van der Waals surface area contributed by atoms with E-state index in [9.17, 15) is 9.59 Å². The lowest BCUT2D eigenvalue weighted by molar-refractivity contribution is -0.118. The number of benzene rings is 2. The van der Waals surface area contributed by atoms with Gasteiger partial charge in [-0.2, -0.15) is 0 Å². The zero-order valence-electron chi connectivity index (χ0n) is 11.1. The van der Waals surface area contributed by atoms with E-state index in [1.54, 1.807) is 24.3 Å². The minimum absolute atomic E-state index is 0.0303. The molecule has 0 atom stereocenters. The van der Waals surface area contributed by atoms with Crippen LogP contribution < -0.4 is 15.8 Å². The van der Waals surface area contributed by atoms with Crippen molar-refractivity contribution < 1.29 is 19.4 Å². The third-order valence-corrected chi connectivity index (χ3v) is 2.66. The number of amides is 1. The van der Waals surface area contributed by atoms with E-state index < -0.39 is 11.9 Å². The van der Waals surface area contributed by atoms with Gasteiger partial charge in [0.25, 0.3) is 5.91 Å². The summed E-state index contributed by atoms with van der Waals surface area (Å²) in [5.74, 6) is -1.06. The first-order chi connectivity index (χ1) is 10.1. The fourth-order valence-electron chi connectivity index (χ4n) is 1.70. The SMILES string of the molecule is Nc1ccc(C(=O)O)c(NC(=O)COc2ccccc2)c1. The first-order valence-electron chi connectivity index (χ1n) is 6.17. The van der Waals surface area contributed by atoms with Crippen LogP contribution in [0, 0.1) is 0 Å². The smallest absolute Gasteiger partial charge is 0.337 e. The lowest BCUT2D eigenvalue weighted by atomic mass is 10.1. The van der Waals surface area contributed by atoms with Gasteiger partial charge in [0.2, 0.25) is 0 Å². The molecule has 6 heteroatoms. The number of para-hydroxylation sites is 1. The third kappa shape index (κ3) is 3.97. The van der Waals surface area contributed by atoms with Gasteiger partial charge in [0, 0.05) is 5.69 Å². The summed E-state index contributed by atoms with van der Waals surface area (Å²) < 4.78 is 5.28. The van der Waals surface area contributed by atoms with Crippen molar-refractivity contribution in [2.75, 3.05) is 17.7 Å². The topological polar surface area (TPSA) is 102 Å². The van der Waals surface area contributed by atoms with Crippen LogP contribution in [0.5, 0.6) is 5.75 Å². The quantitative estimate of drug-likeness (QED) is 0.729. The Kier molecular flexibility index (Phi) is 4.40. The standard InChI is InChI=1S/C15H14N2O4/c16-10-6-7-12(15(19)20)13(8-10)17-14(18)9-21-11-4-2-1-3-5-11/h1-8H,9,16H2,(H,17,18)(H,19,20). The number of nitrogens with two attached hydrogens (primary N) is 1. The molecule has 0 saturated heterocycles. The summed E-state index contributed by atoms with van der Waals surface area (Å²) >= 11 is 0. The molecular formula is C15H14N2O4. The van der Waals surface area contributed by atoms with Crippen molar-refractivity contribution in [3.05, 3.63) is 54.1 Å². The van der Waals surface area contributed by atoms with Crippen LogP contribution in [0.15, 0.2) is 48.5 Å². The van der Waals surface area contributed by atoms with Gasteiger partial charge >= 0.3 is 5.97 Å². The number of aromatic carboxylic acids is 1. The monoisotopic (exact) mass is 286 g/mol. The first kappa shape index (κ1) is 14.4. The van der Waals surface area contributed by atoms with Crippen LogP contribution in [0.3, 0.4) is 0 Å². The highest BCUT2D eigenvalue weighted by atomic mass is 16.5. The Balaban J connectivity index is 2.02. The molecule has 0 aliphatic heterocycles. The van der Waals surface area contributed by atoms with Gasteiger partial charge in [-0.25, -0.2) is 4.79 Å². The van der Waals surface area contributed by atoms with Crippen molar-refractivity contribution in [2.24, 2.45) is 0 Å². The molecule has 1 amide bonds. The zero-order valence-corrected chi connectivity index (χ0v) is 11.1. The predicted molar refractivity (Wildman–Crippen MR) is 78.4 cm³/mol. The van der Waals surface area contributed by atoms with Gasteiger partial charge < -0.3 is 20.9 Å². The Labute approximate surface area is 121 Å². The highest BCUT2D eigenvalue weighted by Gasteiger charge is 2.13. The number of anilines is 2. The number of carbonyl (C=O) groups is 2. The van der Waals surface area contributed by atoms with E-state index >= 15 is 0 Å². The minimum atomic E-state index is -1.14. The predicted octanol–water partition coefficient (Wildman–Crippen LogP) is 1.98. The molecule has 0 saturated carbocycles. The molecule has 108 valence electrons. The molecule has 0 radical (unpaired) electrons. The molecule has 2 aromatic rings. The normalized spacial score (nSPS) is 9.90. The minimum Gasteiger partial charge on any atom is -0.484 e. The van der Waals surface area contributed by atoms with Crippen molar-refractivity contribution >= 4 is 23.3 Å². The largest absolute Gasteiger partial charge is 0.484 e. The summed E-state index contributed by atoms with van der Waals surface area (Å²) in [4.78, 5) is 22.9. The third-order valence-electron chi connectivity index (χ3n) is 2.66. The highest BCUT2D eigenvalue weighted by Crippen LogP contribution is 2.19. The molecule has 2 rings (SSSR count). The molecule has 0 aromatic heterocycles. The van der Waals surface area contributed by atoms with Gasteiger partial charge in [-0.3, -0.25) is 4.79 Å². The van der Waals surface area contributed by atoms with Crippen molar-refractivity contribution in [3.8, 4) is 5.75 Å². The maximum atomic E-state index is 11.8. The van der Waals surface area contributed by atoms with Gasteiger partial charge in [-0.15, -0.1) is 0 Å². The number of nitrogen functional groups attached to an aromatic ring is 1. The Hall–Kier alpha value is -3.02. The van der Waals surface area contributed by atoms with E-state index in [0.29, 0.717) is 11.4 Å². The van der Waals surface area contributed by atoms with E-state index in [4.69, 9.17) is 15.6 Å². The highest BCUT2D eigenvalue weighted by molar-refractivity contribution is 6.01. The number of rotatable bonds is 5. The molecular weight excluding hydrogens is 272 g/mol. The van der Waals surface area contributed by atoms with Crippen molar-refractivity contribution in [3.63, 3.8) is 0 Å². The lowest BCUT2D eigenvalue weighted by Crippen LogP contribution is -2.21. The van der Waals surface area contributed by atoms with Crippen molar-refractivity contribution in [1.29, 1.82) is 0 Å². The Morgan fingerprint density at radius 1 is 1.14 bits per heavy atom. The number of hydrogen-bond donors (Lipinski definition) is 3. The molecule has 6 nitrogen and oxygen atoms in total. The average Bonchev–Trinajstić information content (AvgIpc) is 2.46. The van der Waals surface area contributed by atoms with E-state index in [-0.39, 0.29) is 17.9 Å². The van der Waals surface area contributed by atoms with Gasteiger partial charge in [0.15, 0.2) is 6.61 Å². The second-order valence-electron chi connectivity index (χ2n) is 4.26. The van der Waals surface area contributed by atoms with Crippen molar-refractivity contribution in [1.82, 2.24) is 0 Å². The maximum Gasteiger partial charge on any atom is 0.337 e. The van der Waals surface area contributed by atoms with Crippen LogP contribution in [0.2, 0.25) is 0 Å². The van der Waals surface area contributed by atoms with E-state index in [0.717, 1.165) is 0 Å². The van der Waals surface area contributed by atoms with Gasteiger partial charge in [-0.05, 0) is 30.3 Å². The summed E-state index contributed by atoms with van der Waals surface area (Å²) in [6.07, 6.45) is 0. The molecule has 0 spiro atoms. The number of carbonyl (C=O) groups excluding carboxylic acids is 1. The molecule has 0 aliphatic rings. The summed E-state index contributed by atoms with van der Waals surface area (Å²) in [5.41, 5.74) is 6.07. The molecule has 0 aliphatic carbocycles. The second-order valence-corrected chi connectivity index (χ2v) is 4.26. The van der Waals surface area contributed by atoms with E-state index in [1.807, 2.05) is 6.07 Å². The fraction of sp³-hybridized carbons (Fsp3) is 0.0667. The Morgan fingerprint density at radius 2 is 1.86 bits per heavy atom. The lowest BCUT2D eigenvalue weighted by Gasteiger charge is -2.10. The van der Waals surface area contributed by atoms with Crippen LogP contribution in [0.1, 0.15) is 10.4 Å². The van der Waals surface area contributed by atoms with Gasteiger partial charge in [-0.1, -0.05) is 18.2 Å². The van der Waals surface area contributed by atoms with E-state index in [1.165, 1.54) is 18.2 Å². The van der Waals surface area contributed by atoms with Crippen LogP contribution in [-0.4, -0.2) is 23.6 Å². The Morgan fingerprint density at radius 3 is 2.52 bits per heavy atom. The van der Waals surface area contributed by atoms with Crippen molar-refractivity contribution in [2.45, 2.75) is 0 Å². The van der Waals surface area contributed by atoms with Gasteiger partial charge in [0.05, 0.1) is 11.3 Å². The van der Waals surface area contributed by atoms with Gasteiger partial charge in [0.1, 0.15) is 5.75 Å². The zero-order chi connectivity index (χ0) is 15.2. The summed E-state index contributed by atoms with van der Waals surface area (Å²) in [6.45, 7) is -0.224. The maximum absolute atomic E-state index is 11.8. The molecule has 0 unspecified atom stereocenters. The fourth-order valence-corrected chi connectivity index (χ4v) is 1.70. The number of ether oxygens (including phenoxy) is 1. The molecule has 0 fully saturated rings. The van der Waals surface area contributed by atoms with Crippen LogP contribution in [0.4, 0.5) is 11.4 Å². The van der Waals surface area contributed by atoms with Crippen LogP contribution in [-0.2, 0) is 4.79 Å². The summed E-state index contributed by atoms with van der Waals surface area (Å²) in [5, 5.41) is 11.5. The summed E-state index contributed by atoms with van der Waals surface area (Å²) in [6, 6.07) is 13.0. The van der Waals surface area contributed by atoms with E-state index in [2.05, 4.69) is 5.32 Å². The molecule has 0 heterocycles. The molecule has 21 heavy (non-hydrogen) atoms. The Bertz CT molecular complexity index is 656.